The van der Waals surface area contributed by atoms with Crippen molar-refractivity contribution in [3.8, 4) is 0 Å². The van der Waals surface area contributed by atoms with Crippen molar-refractivity contribution in [1.29, 1.82) is 0 Å². The van der Waals surface area contributed by atoms with E-state index in [0.29, 0.717) is 6.42 Å². The molecule has 0 amide bonds. The third-order valence-corrected chi connectivity index (χ3v) is 0.918. The Bertz CT molecular complexity index is 95.8. The van der Waals surface area contributed by atoms with Crippen LogP contribution in [0.2, 0.25) is 0 Å². The molecule has 0 rings (SSSR count). The fourth-order valence-corrected chi connectivity index (χ4v) is 0.274. The summed E-state index contributed by atoms with van der Waals surface area (Å²) in [6.45, 7) is 1.83. The zero-order valence-corrected chi connectivity index (χ0v) is 5.24. The number of nitrogens with two attached hydrogens (primary N) is 1. The molecular formula is C4H10N2O3. The Hall–Kier alpha value is -0.840. The normalized spacial score (nSPS) is 12.7. The maximum absolute atomic E-state index is 9.55. The smallest absolute Gasteiger partial charge is 0.294 e. The zero-order valence-electron chi connectivity index (χ0n) is 5.24. The molecule has 0 aromatic heterocycles. The van der Waals surface area contributed by atoms with Crippen LogP contribution in [-0.2, 0) is 4.84 Å². The average molecular weight is 134 g/mol. The van der Waals surface area contributed by atoms with Crippen LogP contribution in [0.4, 0.5) is 0 Å². The van der Waals surface area contributed by atoms with Gasteiger partial charge < -0.3 is 10.6 Å². The molecule has 0 aromatic rings. The molecular weight excluding hydrogens is 124 g/mol. The van der Waals surface area contributed by atoms with Crippen molar-refractivity contribution in [3.63, 3.8) is 0 Å². The van der Waals surface area contributed by atoms with Crippen molar-refractivity contribution in [1.82, 2.24) is 0 Å². The summed E-state index contributed by atoms with van der Waals surface area (Å²) in [6, 6.07) is -0.226. The topological polar surface area (TPSA) is 78.4 Å². The molecule has 5 heteroatoms. The molecule has 0 aliphatic heterocycles. The van der Waals surface area contributed by atoms with Crippen molar-refractivity contribution >= 4 is 0 Å². The van der Waals surface area contributed by atoms with Gasteiger partial charge in [0.05, 0.1) is 0 Å². The Balaban J connectivity index is 3.16. The molecule has 0 aromatic carbocycles. The molecule has 0 heterocycles. The number of rotatable bonds is 4. The molecule has 9 heavy (non-hydrogen) atoms. The first-order valence-electron chi connectivity index (χ1n) is 2.69. The highest BCUT2D eigenvalue weighted by molar-refractivity contribution is 4.52. The van der Waals surface area contributed by atoms with Gasteiger partial charge in [0.2, 0.25) is 0 Å². The summed E-state index contributed by atoms with van der Waals surface area (Å²) in [4.78, 5) is 13.5. The van der Waals surface area contributed by atoms with Crippen LogP contribution in [0.5, 0.6) is 0 Å². The van der Waals surface area contributed by atoms with E-state index in [4.69, 9.17) is 5.73 Å². The molecule has 2 N–H and O–H groups in total. The van der Waals surface area contributed by atoms with Gasteiger partial charge >= 0.3 is 0 Å². The first-order valence-corrected chi connectivity index (χ1v) is 2.69. The predicted octanol–water partition coefficient (Wildman–Crippen LogP) is -0.0680. The second-order valence-corrected chi connectivity index (χ2v) is 1.69. The molecule has 0 spiro atoms. The lowest BCUT2D eigenvalue weighted by atomic mass is 10.3. The maximum atomic E-state index is 9.55. The third kappa shape index (κ3) is 5.02. The lowest BCUT2D eigenvalue weighted by Gasteiger charge is -2.04. The van der Waals surface area contributed by atoms with Crippen LogP contribution >= 0.6 is 0 Å². The Kier molecular flexibility index (Phi) is 3.70. The molecule has 0 bridgehead atoms. The average Bonchev–Trinajstić information content (AvgIpc) is 1.83. The summed E-state index contributed by atoms with van der Waals surface area (Å²) >= 11 is 0. The van der Waals surface area contributed by atoms with Crippen LogP contribution in [0.3, 0.4) is 0 Å². The number of hydrogen-bond donors (Lipinski definition) is 1. The molecule has 0 radical (unpaired) electrons. The summed E-state index contributed by atoms with van der Waals surface area (Å²) < 4.78 is 0. The highest BCUT2D eigenvalue weighted by atomic mass is 16.9. The van der Waals surface area contributed by atoms with Crippen molar-refractivity contribution in [2.75, 3.05) is 6.61 Å². The highest BCUT2D eigenvalue weighted by Crippen LogP contribution is 1.86. The largest absolute Gasteiger partial charge is 0.326 e. The number of nitrogens with zero attached hydrogens (tertiary/aromatic N) is 1. The second kappa shape index (κ2) is 4.08. The van der Waals surface area contributed by atoms with Gasteiger partial charge in [-0.25, -0.2) is 0 Å². The Labute approximate surface area is 52.9 Å². The van der Waals surface area contributed by atoms with Gasteiger partial charge in [-0.05, 0) is 6.42 Å². The first-order chi connectivity index (χ1) is 4.16. The molecule has 0 aliphatic carbocycles. The lowest BCUT2D eigenvalue weighted by Crippen LogP contribution is -2.26. The van der Waals surface area contributed by atoms with Gasteiger partial charge in [0.25, 0.3) is 5.09 Å². The molecule has 0 saturated heterocycles. The molecule has 5 nitrogen and oxygen atoms in total. The van der Waals surface area contributed by atoms with Gasteiger partial charge in [-0.2, -0.15) is 0 Å². The summed E-state index contributed by atoms with van der Waals surface area (Å²) in [5.41, 5.74) is 5.29. The van der Waals surface area contributed by atoms with E-state index in [1.807, 2.05) is 6.92 Å². The van der Waals surface area contributed by atoms with E-state index in [1.54, 1.807) is 0 Å². The van der Waals surface area contributed by atoms with E-state index >= 15 is 0 Å². The minimum Gasteiger partial charge on any atom is -0.326 e. The predicted molar refractivity (Wildman–Crippen MR) is 31.2 cm³/mol. The maximum Gasteiger partial charge on any atom is 0.294 e. The van der Waals surface area contributed by atoms with Gasteiger partial charge in [-0.3, -0.25) is 0 Å². The SMILES string of the molecule is CCC(N)CO[N+](=O)[O-]. The summed E-state index contributed by atoms with van der Waals surface area (Å²) in [6.07, 6.45) is 0.688. The molecule has 54 valence electrons. The molecule has 0 fully saturated rings. The van der Waals surface area contributed by atoms with E-state index in [2.05, 4.69) is 4.84 Å². The molecule has 1 unspecified atom stereocenters. The van der Waals surface area contributed by atoms with Crippen molar-refractivity contribution < 1.29 is 9.92 Å². The highest BCUT2D eigenvalue weighted by Gasteiger charge is 2.00. The van der Waals surface area contributed by atoms with Crippen LogP contribution in [-0.4, -0.2) is 17.7 Å². The fourth-order valence-electron chi connectivity index (χ4n) is 0.274. The minimum atomic E-state index is -0.838. The van der Waals surface area contributed by atoms with Gasteiger partial charge in [0.15, 0.2) is 0 Å². The Morgan fingerprint density at radius 1 is 1.89 bits per heavy atom. The van der Waals surface area contributed by atoms with E-state index < -0.39 is 5.09 Å². The molecule has 0 aliphatic rings. The molecule has 0 saturated carbocycles. The van der Waals surface area contributed by atoms with Gasteiger partial charge in [0, 0.05) is 6.04 Å². The molecule has 1 atom stereocenters. The van der Waals surface area contributed by atoms with Gasteiger partial charge in [0.1, 0.15) is 6.61 Å². The van der Waals surface area contributed by atoms with E-state index in [9.17, 15) is 10.1 Å². The summed E-state index contributed by atoms with van der Waals surface area (Å²) in [7, 11) is 0. The number of hydrogen-bond acceptors (Lipinski definition) is 4. The quantitative estimate of drug-likeness (QED) is 0.431. The van der Waals surface area contributed by atoms with Gasteiger partial charge in [-0.1, -0.05) is 6.92 Å². The van der Waals surface area contributed by atoms with Crippen LogP contribution in [0.25, 0.3) is 0 Å². The summed E-state index contributed by atoms with van der Waals surface area (Å²) in [5.74, 6) is 0. The van der Waals surface area contributed by atoms with E-state index in [-0.39, 0.29) is 12.6 Å². The van der Waals surface area contributed by atoms with Crippen LogP contribution < -0.4 is 5.73 Å². The lowest BCUT2D eigenvalue weighted by molar-refractivity contribution is -0.758. The van der Waals surface area contributed by atoms with Crippen molar-refractivity contribution in [2.45, 2.75) is 19.4 Å². The minimum absolute atomic E-state index is 0.0104. The third-order valence-electron chi connectivity index (χ3n) is 0.918. The monoisotopic (exact) mass is 134 g/mol. The first kappa shape index (κ1) is 8.16. The van der Waals surface area contributed by atoms with Crippen molar-refractivity contribution in [3.05, 3.63) is 10.1 Å². The fraction of sp³-hybridized carbons (Fsp3) is 1.00. The second-order valence-electron chi connectivity index (χ2n) is 1.69. The van der Waals surface area contributed by atoms with Crippen LogP contribution in [0, 0.1) is 10.1 Å². The van der Waals surface area contributed by atoms with E-state index in [1.165, 1.54) is 0 Å². The summed E-state index contributed by atoms with van der Waals surface area (Å²) in [5, 5.41) is 8.71. The van der Waals surface area contributed by atoms with Crippen LogP contribution in [0.15, 0.2) is 0 Å². The van der Waals surface area contributed by atoms with Crippen LogP contribution in [0.1, 0.15) is 13.3 Å². The Morgan fingerprint density at radius 3 is 2.78 bits per heavy atom. The van der Waals surface area contributed by atoms with E-state index in [0.717, 1.165) is 0 Å². The zero-order chi connectivity index (χ0) is 7.28. The van der Waals surface area contributed by atoms with Gasteiger partial charge in [-0.15, -0.1) is 10.1 Å². The van der Waals surface area contributed by atoms with Crippen molar-refractivity contribution in [2.24, 2.45) is 5.73 Å². The Morgan fingerprint density at radius 2 is 2.44 bits per heavy atom. The standard InChI is InChI=1S/C4H10N2O3/c1-2-4(5)3-9-6(7)8/h4H,2-3,5H2,1H3.